The summed E-state index contributed by atoms with van der Waals surface area (Å²) < 4.78 is 0. The van der Waals surface area contributed by atoms with Crippen LogP contribution in [0.25, 0.3) is 0 Å². The zero-order chi connectivity index (χ0) is 17.3. The molecule has 2 N–H and O–H groups in total. The van der Waals surface area contributed by atoms with Gasteiger partial charge in [0.25, 0.3) is 5.91 Å². The number of hydrogen-bond acceptors (Lipinski definition) is 3. The molecule has 0 radical (unpaired) electrons. The van der Waals surface area contributed by atoms with Crippen LogP contribution in [0.1, 0.15) is 56.2 Å². The molecule has 2 aliphatic rings. The first-order valence-electron chi connectivity index (χ1n) is 8.76. The van der Waals surface area contributed by atoms with Gasteiger partial charge in [0.15, 0.2) is 0 Å². The normalized spacial score (nSPS) is 20.2. The summed E-state index contributed by atoms with van der Waals surface area (Å²) in [5.41, 5.74) is 1.39. The maximum absolute atomic E-state index is 12.6. The molecule has 0 spiro atoms. The summed E-state index contributed by atoms with van der Waals surface area (Å²) >= 11 is 0. The number of H-pyrrole nitrogens is 1. The minimum absolute atomic E-state index is 0.0247. The van der Waals surface area contributed by atoms with E-state index in [1.807, 2.05) is 15.9 Å². The lowest BCUT2D eigenvalue weighted by Gasteiger charge is -2.40. The van der Waals surface area contributed by atoms with Crippen molar-refractivity contribution in [2.45, 2.75) is 51.5 Å². The SMILES string of the molecule is CC(C)(C)c1cc(C(=O)N2CCC(N3CCCNC3=O)CC2)n[nH]1. The van der Waals surface area contributed by atoms with E-state index < -0.39 is 0 Å². The van der Waals surface area contributed by atoms with E-state index >= 15 is 0 Å². The van der Waals surface area contributed by atoms with Crippen molar-refractivity contribution in [1.82, 2.24) is 25.3 Å². The number of likely N-dealkylation sites (tertiary alicyclic amines) is 1. The van der Waals surface area contributed by atoms with E-state index in [1.54, 1.807) is 0 Å². The number of aromatic nitrogens is 2. The van der Waals surface area contributed by atoms with Gasteiger partial charge < -0.3 is 15.1 Å². The first-order chi connectivity index (χ1) is 11.4. The van der Waals surface area contributed by atoms with Gasteiger partial charge in [-0.05, 0) is 25.3 Å². The van der Waals surface area contributed by atoms with Gasteiger partial charge in [-0.1, -0.05) is 20.8 Å². The minimum atomic E-state index is -0.0554. The molecule has 2 fully saturated rings. The van der Waals surface area contributed by atoms with Gasteiger partial charge in [0.1, 0.15) is 5.69 Å². The Hall–Kier alpha value is -2.05. The Bertz CT molecular complexity index is 611. The molecule has 0 saturated carbocycles. The highest BCUT2D eigenvalue weighted by atomic mass is 16.2. The number of aromatic amines is 1. The van der Waals surface area contributed by atoms with Gasteiger partial charge in [-0.2, -0.15) is 5.10 Å². The van der Waals surface area contributed by atoms with Crippen molar-refractivity contribution in [2.24, 2.45) is 0 Å². The molecule has 1 aromatic rings. The van der Waals surface area contributed by atoms with Crippen LogP contribution in [0.5, 0.6) is 0 Å². The monoisotopic (exact) mass is 333 g/mol. The smallest absolute Gasteiger partial charge is 0.317 e. The Morgan fingerprint density at radius 1 is 1.25 bits per heavy atom. The Morgan fingerprint density at radius 3 is 2.54 bits per heavy atom. The maximum atomic E-state index is 12.6. The van der Waals surface area contributed by atoms with Gasteiger partial charge in [0.05, 0.1) is 0 Å². The summed E-state index contributed by atoms with van der Waals surface area (Å²) in [6, 6.07) is 2.12. The average molecular weight is 333 g/mol. The average Bonchev–Trinajstić information content (AvgIpc) is 3.05. The third-order valence-electron chi connectivity index (χ3n) is 4.91. The fourth-order valence-corrected chi connectivity index (χ4v) is 3.35. The van der Waals surface area contributed by atoms with E-state index in [0.29, 0.717) is 18.8 Å². The number of hydrogen-bond donors (Lipinski definition) is 2. The van der Waals surface area contributed by atoms with E-state index in [2.05, 4.69) is 36.3 Å². The molecule has 24 heavy (non-hydrogen) atoms. The molecule has 7 nitrogen and oxygen atoms in total. The Kier molecular flexibility index (Phi) is 4.51. The zero-order valence-corrected chi connectivity index (χ0v) is 14.8. The van der Waals surface area contributed by atoms with Crippen LogP contribution in [0.2, 0.25) is 0 Å². The standard InChI is InChI=1S/C17H27N5O2/c1-17(2,3)14-11-13(19-20-14)15(23)21-9-5-12(6-10-21)22-8-4-7-18-16(22)24/h11-12H,4-10H2,1-3H3,(H,18,24)(H,19,20). The fourth-order valence-electron chi connectivity index (χ4n) is 3.35. The number of rotatable bonds is 2. The van der Waals surface area contributed by atoms with Crippen molar-refractivity contribution < 1.29 is 9.59 Å². The van der Waals surface area contributed by atoms with Gasteiger partial charge in [-0.3, -0.25) is 9.89 Å². The number of amides is 3. The molecule has 2 saturated heterocycles. The molecule has 132 valence electrons. The van der Waals surface area contributed by atoms with Gasteiger partial charge in [-0.25, -0.2) is 4.79 Å². The molecular weight excluding hydrogens is 306 g/mol. The number of carbonyl (C=O) groups excluding carboxylic acids is 2. The molecule has 2 aliphatic heterocycles. The zero-order valence-electron chi connectivity index (χ0n) is 14.8. The molecular formula is C17H27N5O2. The highest BCUT2D eigenvalue weighted by molar-refractivity contribution is 5.92. The second kappa shape index (κ2) is 6.45. The number of urea groups is 1. The summed E-state index contributed by atoms with van der Waals surface area (Å²) in [4.78, 5) is 28.4. The molecule has 3 rings (SSSR count). The van der Waals surface area contributed by atoms with E-state index in [9.17, 15) is 9.59 Å². The number of piperidine rings is 1. The van der Waals surface area contributed by atoms with Crippen molar-refractivity contribution in [3.8, 4) is 0 Å². The minimum Gasteiger partial charge on any atom is -0.338 e. The van der Waals surface area contributed by atoms with E-state index in [1.165, 1.54) is 0 Å². The fraction of sp³-hybridized carbons (Fsp3) is 0.706. The Labute approximate surface area is 142 Å². The second-order valence-electron chi connectivity index (χ2n) is 7.72. The van der Waals surface area contributed by atoms with E-state index in [0.717, 1.165) is 38.0 Å². The summed E-state index contributed by atoms with van der Waals surface area (Å²) in [5, 5.41) is 10.1. The topological polar surface area (TPSA) is 81.3 Å². The third kappa shape index (κ3) is 3.39. The van der Waals surface area contributed by atoms with E-state index in [-0.39, 0.29) is 23.4 Å². The quantitative estimate of drug-likeness (QED) is 0.865. The molecule has 3 heterocycles. The van der Waals surface area contributed by atoms with Crippen molar-refractivity contribution in [1.29, 1.82) is 0 Å². The maximum Gasteiger partial charge on any atom is 0.317 e. The first-order valence-corrected chi connectivity index (χ1v) is 8.76. The van der Waals surface area contributed by atoms with Gasteiger partial charge >= 0.3 is 6.03 Å². The number of nitrogens with one attached hydrogen (secondary N) is 2. The summed E-state index contributed by atoms with van der Waals surface area (Å²) in [7, 11) is 0. The van der Waals surface area contributed by atoms with Crippen LogP contribution in [0.15, 0.2) is 6.07 Å². The Balaban J connectivity index is 1.59. The third-order valence-corrected chi connectivity index (χ3v) is 4.91. The van der Waals surface area contributed by atoms with Crippen LogP contribution in [0.3, 0.4) is 0 Å². The predicted octanol–water partition coefficient (Wildman–Crippen LogP) is 1.73. The highest BCUT2D eigenvalue weighted by Crippen LogP contribution is 2.23. The molecule has 7 heteroatoms. The Morgan fingerprint density at radius 2 is 1.96 bits per heavy atom. The van der Waals surface area contributed by atoms with Crippen molar-refractivity contribution >= 4 is 11.9 Å². The van der Waals surface area contributed by atoms with Crippen LogP contribution in [-0.4, -0.2) is 64.2 Å². The lowest BCUT2D eigenvalue weighted by Crippen LogP contribution is -2.54. The number of nitrogens with zero attached hydrogens (tertiary/aromatic N) is 3. The molecule has 0 bridgehead atoms. The largest absolute Gasteiger partial charge is 0.338 e. The lowest BCUT2D eigenvalue weighted by molar-refractivity contribution is 0.0637. The first kappa shape index (κ1) is 16.8. The molecule has 1 aromatic heterocycles. The van der Waals surface area contributed by atoms with E-state index in [4.69, 9.17) is 0 Å². The van der Waals surface area contributed by atoms with Crippen molar-refractivity contribution in [3.63, 3.8) is 0 Å². The van der Waals surface area contributed by atoms with Crippen LogP contribution in [0, 0.1) is 0 Å². The van der Waals surface area contributed by atoms with Crippen molar-refractivity contribution in [3.05, 3.63) is 17.5 Å². The molecule has 0 aliphatic carbocycles. The predicted molar refractivity (Wildman–Crippen MR) is 90.9 cm³/mol. The van der Waals surface area contributed by atoms with Crippen LogP contribution >= 0.6 is 0 Å². The highest BCUT2D eigenvalue weighted by Gasteiger charge is 2.32. The van der Waals surface area contributed by atoms with Gasteiger partial charge in [0.2, 0.25) is 0 Å². The molecule has 0 aromatic carbocycles. The number of carbonyl (C=O) groups is 2. The van der Waals surface area contributed by atoms with Crippen LogP contribution < -0.4 is 5.32 Å². The van der Waals surface area contributed by atoms with Crippen LogP contribution in [-0.2, 0) is 5.41 Å². The van der Waals surface area contributed by atoms with Gasteiger partial charge in [-0.15, -0.1) is 0 Å². The summed E-state index contributed by atoms with van der Waals surface area (Å²) in [6.07, 6.45) is 2.65. The molecule has 0 unspecified atom stereocenters. The summed E-state index contributed by atoms with van der Waals surface area (Å²) in [6.45, 7) is 9.19. The van der Waals surface area contributed by atoms with Gasteiger partial charge in [0, 0.05) is 43.3 Å². The molecule has 0 atom stereocenters. The van der Waals surface area contributed by atoms with Crippen LogP contribution in [0.4, 0.5) is 4.79 Å². The lowest BCUT2D eigenvalue weighted by atomic mass is 9.92. The van der Waals surface area contributed by atoms with Crippen molar-refractivity contribution in [2.75, 3.05) is 26.2 Å². The molecule has 3 amide bonds. The summed E-state index contributed by atoms with van der Waals surface area (Å²) in [5.74, 6) is -0.0247. The second-order valence-corrected chi connectivity index (χ2v) is 7.72.